The molecule has 116 valence electrons. The van der Waals surface area contributed by atoms with E-state index in [1.165, 1.54) is 6.42 Å². The van der Waals surface area contributed by atoms with Gasteiger partial charge in [0.2, 0.25) is 0 Å². The summed E-state index contributed by atoms with van der Waals surface area (Å²) in [6.07, 6.45) is 3.41. The summed E-state index contributed by atoms with van der Waals surface area (Å²) < 4.78 is 0. The van der Waals surface area contributed by atoms with Gasteiger partial charge in [0, 0.05) is 25.3 Å². The van der Waals surface area contributed by atoms with Crippen LogP contribution in [0.3, 0.4) is 0 Å². The van der Waals surface area contributed by atoms with Gasteiger partial charge in [-0.1, -0.05) is 31.9 Å². The van der Waals surface area contributed by atoms with Gasteiger partial charge in [-0.25, -0.2) is 0 Å². The highest BCUT2D eigenvalue weighted by Crippen LogP contribution is 2.34. The van der Waals surface area contributed by atoms with Gasteiger partial charge in [0.05, 0.1) is 5.56 Å². The lowest BCUT2D eigenvalue weighted by molar-refractivity contribution is 0.0601. The number of hydrogen-bond acceptors (Lipinski definition) is 2. The molecule has 0 saturated carbocycles. The monoisotopic (exact) mass is 288 g/mol. The highest BCUT2D eigenvalue weighted by Gasteiger charge is 2.31. The molecular weight excluding hydrogens is 260 g/mol. The SMILES string of the molecule is CCNc1ccc(C)cc1C(=O)N1CCC(C)(CC)CC1. The normalized spacial score (nSPS) is 17.6. The Morgan fingerprint density at radius 1 is 1.29 bits per heavy atom. The van der Waals surface area contributed by atoms with Gasteiger partial charge < -0.3 is 10.2 Å². The van der Waals surface area contributed by atoms with E-state index in [0.717, 1.165) is 49.3 Å². The number of benzene rings is 1. The van der Waals surface area contributed by atoms with Crippen molar-refractivity contribution >= 4 is 11.6 Å². The molecule has 0 unspecified atom stereocenters. The first-order chi connectivity index (χ1) is 9.99. The summed E-state index contributed by atoms with van der Waals surface area (Å²) in [6, 6.07) is 6.08. The van der Waals surface area contributed by atoms with Crippen LogP contribution in [0.25, 0.3) is 0 Å². The van der Waals surface area contributed by atoms with E-state index < -0.39 is 0 Å². The molecule has 1 aliphatic heterocycles. The number of anilines is 1. The van der Waals surface area contributed by atoms with Crippen molar-refractivity contribution in [1.29, 1.82) is 0 Å². The maximum atomic E-state index is 12.8. The minimum absolute atomic E-state index is 0.174. The summed E-state index contributed by atoms with van der Waals surface area (Å²) in [7, 11) is 0. The second-order valence-corrected chi connectivity index (χ2v) is 6.54. The van der Waals surface area contributed by atoms with Crippen molar-refractivity contribution in [3.8, 4) is 0 Å². The first kappa shape index (κ1) is 15.9. The summed E-state index contributed by atoms with van der Waals surface area (Å²) in [6.45, 7) is 11.3. The molecular formula is C18H28N2O. The quantitative estimate of drug-likeness (QED) is 0.905. The topological polar surface area (TPSA) is 32.3 Å². The lowest BCUT2D eigenvalue weighted by Gasteiger charge is -2.39. The summed E-state index contributed by atoms with van der Waals surface area (Å²) in [4.78, 5) is 14.9. The van der Waals surface area contributed by atoms with Crippen molar-refractivity contribution in [3.63, 3.8) is 0 Å². The summed E-state index contributed by atoms with van der Waals surface area (Å²) in [5, 5.41) is 3.30. The average Bonchev–Trinajstić information content (AvgIpc) is 2.49. The van der Waals surface area contributed by atoms with E-state index in [2.05, 4.69) is 32.2 Å². The van der Waals surface area contributed by atoms with Gasteiger partial charge in [0.15, 0.2) is 0 Å². The minimum Gasteiger partial charge on any atom is -0.385 e. The van der Waals surface area contributed by atoms with Crippen molar-refractivity contribution in [2.24, 2.45) is 5.41 Å². The van der Waals surface area contributed by atoms with Crippen LogP contribution in [0, 0.1) is 12.3 Å². The van der Waals surface area contributed by atoms with E-state index in [1.807, 2.05) is 24.0 Å². The average molecular weight is 288 g/mol. The number of aryl methyl sites for hydroxylation is 1. The van der Waals surface area contributed by atoms with E-state index in [-0.39, 0.29) is 5.91 Å². The molecule has 3 nitrogen and oxygen atoms in total. The van der Waals surface area contributed by atoms with Crippen LogP contribution in [0.2, 0.25) is 0 Å². The van der Waals surface area contributed by atoms with Crippen LogP contribution < -0.4 is 5.32 Å². The number of nitrogens with one attached hydrogen (secondary N) is 1. The minimum atomic E-state index is 0.174. The van der Waals surface area contributed by atoms with E-state index in [4.69, 9.17) is 0 Å². The van der Waals surface area contributed by atoms with E-state index in [9.17, 15) is 4.79 Å². The lowest BCUT2D eigenvalue weighted by Crippen LogP contribution is -2.42. The fourth-order valence-electron chi connectivity index (χ4n) is 2.95. The number of carbonyl (C=O) groups excluding carboxylic acids is 1. The Morgan fingerprint density at radius 3 is 2.52 bits per heavy atom. The molecule has 0 aromatic heterocycles. The zero-order valence-electron chi connectivity index (χ0n) is 13.8. The maximum absolute atomic E-state index is 12.8. The fraction of sp³-hybridized carbons (Fsp3) is 0.611. The van der Waals surface area contributed by atoms with Crippen LogP contribution in [0.15, 0.2) is 18.2 Å². The van der Waals surface area contributed by atoms with E-state index >= 15 is 0 Å². The van der Waals surface area contributed by atoms with Crippen molar-refractivity contribution in [3.05, 3.63) is 29.3 Å². The number of carbonyl (C=O) groups is 1. The molecule has 0 atom stereocenters. The van der Waals surface area contributed by atoms with Crippen LogP contribution in [-0.2, 0) is 0 Å². The molecule has 0 radical (unpaired) electrons. The van der Waals surface area contributed by atoms with Gasteiger partial charge in [0.25, 0.3) is 5.91 Å². The Hall–Kier alpha value is -1.51. The summed E-state index contributed by atoms with van der Waals surface area (Å²) in [5.74, 6) is 0.174. The Kier molecular flexibility index (Phi) is 4.92. The van der Waals surface area contributed by atoms with E-state index in [0.29, 0.717) is 5.41 Å². The highest BCUT2D eigenvalue weighted by molar-refractivity contribution is 5.99. The molecule has 2 rings (SSSR count). The van der Waals surface area contributed by atoms with Crippen molar-refractivity contribution in [2.75, 3.05) is 25.0 Å². The largest absolute Gasteiger partial charge is 0.385 e. The molecule has 1 aromatic rings. The molecule has 1 heterocycles. The smallest absolute Gasteiger partial charge is 0.255 e. The maximum Gasteiger partial charge on any atom is 0.255 e. The second kappa shape index (κ2) is 6.50. The molecule has 1 N–H and O–H groups in total. The van der Waals surface area contributed by atoms with Gasteiger partial charge in [-0.15, -0.1) is 0 Å². The molecule has 1 fully saturated rings. The van der Waals surface area contributed by atoms with E-state index in [1.54, 1.807) is 0 Å². The standard InChI is InChI=1S/C18H28N2O/c1-5-18(4)9-11-20(12-10-18)17(21)15-13-14(3)7-8-16(15)19-6-2/h7-8,13,19H,5-6,9-12H2,1-4H3. The summed E-state index contributed by atoms with van der Waals surface area (Å²) in [5.41, 5.74) is 3.32. The van der Waals surface area contributed by atoms with Gasteiger partial charge >= 0.3 is 0 Å². The molecule has 1 saturated heterocycles. The second-order valence-electron chi connectivity index (χ2n) is 6.54. The molecule has 3 heteroatoms. The molecule has 0 aliphatic carbocycles. The third-order valence-corrected chi connectivity index (χ3v) is 4.88. The Balaban J connectivity index is 2.15. The third-order valence-electron chi connectivity index (χ3n) is 4.88. The Bertz CT molecular complexity index is 502. The Labute approximate surface area is 128 Å². The Morgan fingerprint density at radius 2 is 1.95 bits per heavy atom. The molecule has 1 aliphatic rings. The number of piperidine rings is 1. The van der Waals surface area contributed by atoms with Gasteiger partial charge in [-0.3, -0.25) is 4.79 Å². The van der Waals surface area contributed by atoms with Gasteiger partial charge in [-0.2, -0.15) is 0 Å². The van der Waals surface area contributed by atoms with Crippen LogP contribution in [0.5, 0.6) is 0 Å². The predicted molar refractivity (Wildman–Crippen MR) is 88.9 cm³/mol. The first-order valence-electron chi connectivity index (χ1n) is 8.13. The third kappa shape index (κ3) is 3.58. The molecule has 0 bridgehead atoms. The zero-order valence-corrected chi connectivity index (χ0v) is 13.8. The number of amides is 1. The van der Waals surface area contributed by atoms with Crippen molar-refractivity contribution < 1.29 is 4.79 Å². The van der Waals surface area contributed by atoms with Gasteiger partial charge in [-0.05, 0) is 44.2 Å². The van der Waals surface area contributed by atoms with Crippen LogP contribution in [-0.4, -0.2) is 30.4 Å². The van der Waals surface area contributed by atoms with Crippen LogP contribution in [0.4, 0.5) is 5.69 Å². The predicted octanol–water partition coefficient (Wildman–Crippen LogP) is 4.08. The number of nitrogens with zero attached hydrogens (tertiary/aromatic N) is 1. The summed E-state index contributed by atoms with van der Waals surface area (Å²) >= 11 is 0. The number of likely N-dealkylation sites (tertiary alicyclic amines) is 1. The molecule has 1 aromatic carbocycles. The molecule has 21 heavy (non-hydrogen) atoms. The van der Waals surface area contributed by atoms with Crippen LogP contribution in [0.1, 0.15) is 56.0 Å². The van der Waals surface area contributed by atoms with Gasteiger partial charge in [0.1, 0.15) is 0 Å². The molecule has 1 amide bonds. The highest BCUT2D eigenvalue weighted by atomic mass is 16.2. The molecule has 0 spiro atoms. The zero-order chi connectivity index (χ0) is 15.5. The van der Waals surface area contributed by atoms with Crippen molar-refractivity contribution in [1.82, 2.24) is 4.90 Å². The number of rotatable bonds is 4. The number of hydrogen-bond donors (Lipinski definition) is 1. The van der Waals surface area contributed by atoms with Crippen LogP contribution >= 0.6 is 0 Å². The van der Waals surface area contributed by atoms with Crippen molar-refractivity contribution in [2.45, 2.75) is 47.0 Å². The lowest BCUT2D eigenvalue weighted by atomic mass is 9.78. The fourth-order valence-corrected chi connectivity index (χ4v) is 2.95. The first-order valence-corrected chi connectivity index (χ1v) is 8.13.